The molecule has 0 saturated heterocycles. The molecular formula is C26H22F3NO4. The van der Waals surface area contributed by atoms with Crippen LogP contribution in [0.5, 0.6) is 5.75 Å². The van der Waals surface area contributed by atoms with Crippen LogP contribution in [0.15, 0.2) is 85.1 Å². The van der Waals surface area contributed by atoms with Gasteiger partial charge in [0.05, 0.1) is 18.0 Å². The van der Waals surface area contributed by atoms with Gasteiger partial charge in [-0.2, -0.15) is 13.2 Å². The molecule has 5 nitrogen and oxygen atoms in total. The average molecular weight is 469 g/mol. The van der Waals surface area contributed by atoms with E-state index in [1.165, 1.54) is 18.4 Å². The first-order valence-corrected chi connectivity index (χ1v) is 10.6. The van der Waals surface area contributed by atoms with E-state index in [0.717, 1.165) is 28.8 Å². The van der Waals surface area contributed by atoms with Crippen molar-refractivity contribution in [2.24, 2.45) is 0 Å². The minimum absolute atomic E-state index is 0.0533. The molecule has 176 valence electrons. The predicted octanol–water partition coefficient (Wildman–Crippen LogP) is 5.93. The minimum atomic E-state index is -4.37. The van der Waals surface area contributed by atoms with Gasteiger partial charge in [-0.15, -0.1) is 5.48 Å². The van der Waals surface area contributed by atoms with E-state index in [1.807, 2.05) is 36.4 Å². The Morgan fingerprint density at radius 1 is 1.03 bits per heavy atom. The Morgan fingerprint density at radius 3 is 2.38 bits per heavy atom. The third-order valence-electron chi connectivity index (χ3n) is 5.57. The second kappa shape index (κ2) is 10.0. The number of carbonyl (C=O) groups is 1. The van der Waals surface area contributed by atoms with E-state index in [4.69, 9.17) is 9.57 Å². The molecule has 1 aliphatic heterocycles. The number of hydrogen-bond donors (Lipinski definition) is 2. The molecule has 0 aromatic heterocycles. The first kappa shape index (κ1) is 23.4. The summed E-state index contributed by atoms with van der Waals surface area (Å²) in [5.41, 5.74) is 5.28. The van der Waals surface area contributed by atoms with E-state index in [9.17, 15) is 23.1 Å². The van der Waals surface area contributed by atoms with Crippen LogP contribution in [0.3, 0.4) is 0 Å². The highest BCUT2D eigenvalue weighted by atomic mass is 19.4. The van der Waals surface area contributed by atoms with E-state index < -0.39 is 17.7 Å². The highest BCUT2D eigenvalue weighted by molar-refractivity contribution is 5.68. The van der Waals surface area contributed by atoms with Crippen LogP contribution in [0.4, 0.5) is 13.2 Å². The maximum absolute atomic E-state index is 12.8. The van der Waals surface area contributed by atoms with Gasteiger partial charge < -0.3 is 14.7 Å². The number of carboxylic acid groups (broad SMARTS) is 1. The Bertz CT molecular complexity index is 1160. The lowest BCUT2D eigenvalue weighted by Crippen LogP contribution is -2.29. The van der Waals surface area contributed by atoms with Crippen LogP contribution in [-0.2, 0) is 22.4 Å². The van der Waals surface area contributed by atoms with Crippen LogP contribution < -0.4 is 10.2 Å². The number of ether oxygens (including phenoxy) is 1. The van der Waals surface area contributed by atoms with Crippen molar-refractivity contribution in [1.82, 2.24) is 5.48 Å². The summed E-state index contributed by atoms with van der Waals surface area (Å²) < 4.78 is 44.3. The van der Waals surface area contributed by atoms with Gasteiger partial charge in [0.2, 0.25) is 0 Å². The largest absolute Gasteiger partial charge is 0.489 e. The smallest absolute Gasteiger partial charge is 0.416 e. The van der Waals surface area contributed by atoms with E-state index in [0.29, 0.717) is 11.3 Å². The van der Waals surface area contributed by atoms with Crippen LogP contribution in [0.25, 0.3) is 11.1 Å². The Kier molecular flexibility index (Phi) is 6.88. The van der Waals surface area contributed by atoms with Gasteiger partial charge >= 0.3 is 12.1 Å². The molecule has 4 rings (SSSR count). The van der Waals surface area contributed by atoms with Gasteiger partial charge in [-0.1, -0.05) is 42.5 Å². The van der Waals surface area contributed by atoms with Gasteiger partial charge in [0.15, 0.2) is 0 Å². The van der Waals surface area contributed by atoms with Crippen molar-refractivity contribution < 1.29 is 32.6 Å². The predicted molar refractivity (Wildman–Crippen MR) is 120 cm³/mol. The molecule has 0 radical (unpaired) electrons. The second-order valence-corrected chi connectivity index (χ2v) is 7.93. The number of benzene rings is 3. The van der Waals surface area contributed by atoms with Gasteiger partial charge in [0, 0.05) is 5.92 Å². The van der Waals surface area contributed by atoms with Gasteiger partial charge in [-0.3, -0.25) is 4.79 Å². The van der Waals surface area contributed by atoms with Crippen LogP contribution >= 0.6 is 0 Å². The van der Waals surface area contributed by atoms with Crippen molar-refractivity contribution in [3.05, 3.63) is 102 Å². The summed E-state index contributed by atoms with van der Waals surface area (Å²) in [6.45, 7) is 0.271. The fourth-order valence-electron chi connectivity index (χ4n) is 3.81. The molecule has 1 heterocycles. The summed E-state index contributed by atoms with van der Waals surface area (Å²) in [6.07, 6.45) is -1.14. The van der Waals surface area contributed by atoms with Crippen LogP contribution in [-0.4, -0.2) is 17.1 Å². The number of alkyl halides is 3. The number of carboxylic acids is 1. The van der Waals surface area contributed by atoms with Crippen LogP contribution in [0.2, 0.25) is 0 Å². The molecule has 0 fully saturated rings. The van der Waals surface area contributed by atoms with Crippen LogP contribution in [0.1, 0.15) is 29.0 Å². The van der Waals surface area contributed by atoms with Gasteiger partial charge in [0.25, 0.3) is 0 Å². The fraction of sp³-hybridized carbons (Fsp3) is 0.192. The van der Waals surface area contributed by atoms with E-state index in [2.05, 4.69) is 5.48 Å². The molecule has 34 heavy (non-hydrogen) atoms. The third kappa shape index (κ3) is 5.77. The number of nitrogens with one attached hydrogen (secondary N) is 1. The molecule has 1 aliphatic rings. The normalized spacial score (nSPS) is 16.1. The Labute approximate surface area is 194 Å². The highest BCUT2D eigenvalue weighted by Gasteiger charge is 2.30. The molecule has 2 atom stereocenters. The highest BCUT2D eigenvalue weighted by Crippen LogP contribution is 2.31. The van der Waals surface area contributed by atoms with Crippen molar-refractivity contribution in [3.63, 3.8) is 0 Å². The molecule has 8 heteroatoms. The maximum atomic E-state index is 12.8. The third-order valence-corrected chi connectivity index (χ3v) is 5.57. The lowest BCUT2D eigenvalue weighted by Gasteiger charge is -2.20. The van der Waals surface area contributed by atoms with Gasteiger partial charge in [0.1, 0.15) is 18.6 Å². The fourth-order valence-corrected chi connectivity index (χ4v) is 3.81. The maximum Gasteiger partial charge on any atom is 0.416 e. The first-order chi connectivity index (χ1) is 16.3. The summed E-state index contributed by atoms with van der Waals surface area (Å²) in [7, 11) is 0. The number of halogens is 3. The molecule has 1 unspecified atom stereocenters. The summed E-state index contributed by atoms with van der Waals surface area (Å²) in [5, 5.41) is 9.26. The summed E-state index contributed by atoms with van der Waals surface area (Å²) in [4.78, 5) is 16.3. The number of hydroxylamine groups is 1. The minimum Gasteiger partial charge on any atom is -0.489 e. The Morgan fingerprint density at radius 2 is 1.76 bits per heavy atom. The van der Waals surface area contributed by atoms with Crippen molar-refractivity contribution in [1.29, 1.82) is 0 Å². The van der Waals surface area contributed by atoms with E-state index >= 15 is 0 Å². The summed E-state index contributed by atoms with van der Waals surface area (Å²) in [5.74, 6) is -0.588. The zero-order valence-corrected chi connectivity index (χ0v) is 18.0. The zero-order valence-electron chi connectivity index (χ0n) is 18.0. The molecule has 2 N–H and O–H groups in total. The number of aliphatic carboxylic acids is 1. The molecule has 0 aliphatic carbocycles. The molecular weight excluding hydrogens is 447 g/mol. The molecule has 0 amide bonds. The molecule has 3 aromatic carbocycles. The number of rotatable bonds is 8. The summed E-state index contributed by atoms with van der Waals surface area (Å²) >= 11 is 0. The first-order valence-electron chi connectivity index (χ1n) is 10.6. The molecule has 3 aromatic rings. The zero-order chi connectivity index (χ0) is 24.1. The van der Waals surface area contributed by atoms with Crippen molar-refractivity contribution in [3.8, 4) is 16.9 Å². The van der Waals surface area contributed by atoms with Crippen molar-refractivity contribution in [2.45, 2.75) is 31.2 Å². The average Bonchev–Trinajstić information content (AvgIpc) is 3.36. The monoisotopic (exact) mass is 469 g/mol. The van der Waals surface area contributed by atoms with Crippen LogP contribution in [0, 0.1) is 0 Å². The topological polar surface area (TPSA) is 67.8 Å². The van der Waals surface area contributed by atoms with E-state index in [1.54, 1.807) is 18.2 Å². The quantitative estimate of drug-likeness (QED) is 0.428. The van der Waals surface area contributed by atoms with Crippen molar-refractivity contribution >= 4 is 5.97 Å². The molecule has 0 spiro atoms. The summed E-state index contributed by atoms with van der Waals surface area (Å²) in [6, 6.07) is 19.4. The van der Waals surface area contributed by atoms with Gasteiger partial charge in [-0.05, 0) is 58.7 Å². The number of hydrogen-bond acceptors (Lipinski definition) is 4. The SMILES string of the molecule is O=C(O)C[C@H](c1ccc(OCc2cccc(-c3ccc(C(F)(F)F)cc3)c2)cc1)C1C=CON1. The van der Waals surface area contributed by atoms with Crippen molar-refractivity contribution in [2.75, 3.05) is 0 Å². The standard InChI is InChI=1S/C26H22F3NO4/c27-26(28,29)21-8-4-18(5-9-21)20-3-1-2-17(14-20)16-33-22-10-6-19(7-11-22)23(15-25(31)32)24-12-13-34-30-24/h1-14,23-24,30H,15-16H2,(H,31,32)/t23-,24?/m1/s1. The molecule has 0 saturated carbocycles. The van der Waals surface area contributed by atoms with Gasteiger partial charge in [-0.25, -0.2) is 0 Å². The Balaban J connectivity index is 1.42. The molecule has 0 bridgehead atoms. The van der Waals surface area contributed by atoms with E-state index in [-0.39, 0.29) is 25.0 Å². The lowest BCUT2D eigenvalue weighted by atomic mass is 9.89. The lowest BCUT2D eigenvalue weighted by molar-refractivity contribution is -0.138. The Hall–Kier alpha value is -3.78. The second-order valence-electron chi connectivity index (χ2n) is 7.93.